The van der Waals surface area contributed by atoms with E-state index in [9.17, 15) is 24.9 Å². The number of benzene rings is 5. The van der Waals surface area contributed by atoms with Crippen molar-refractivity contribution in [2.75, 3.05) is 0 Å². The summed E-state index contributed by atoms with van der Waals surface area (Å²) in [5, 5.41) is 33.9. The second-order valence-corrected chi connectivity index (χ2v) is 10.8. The van der Waals surface area contributed by atoms with Crippen molar-refractivity contribution in [2.24, 2.45) is 0 Å². The molecule has 214 valence electrons. The van der Waals surface area contributed by atoms with Crippen molar-refractivity contribution >= 4 is 33.7 Å². The van der Waals surface area contributed by atoms with Crippen LogP contribution in [-0.2, 0) is 11.2 Å². The van der Waals surface area contributed by atoms with Gasteiger partial charge in [0.25, 0.3) is 5.91 Å². The molecule has 1 atom stereocenters. The van der Waals surface area contributed by atoms with E-state index in [1.54, 1.807) is 24.3 Å². The Morgan fingerprint density at radius 1 is 0.837 bits per heavy atom. The third-order valence-electron chi connectivity index (χ3n) is 7.76. The number of amides is 1. The molecule has 1 aromatic heterocycles. The first kappa shape index (κ1) is 27.5. The van der Waals surface area contributed by atoms with E-state index in [4.69, 9.17) is 4.98 Å². The van der Waals surface area contributed by atoms with Crippen LogP contribution in [0.1, 0.15) is 27.0 Å². The van der Waals surface area contributed by atoms with E-state index in [-0.39, 0.29) is 23.5 Å². The number of hydrogen-bond donors (Lipinski definition) is 5. The lowest BCUT2D eigenvalue weighted by Crippen LogP contribution is -2.42. The van der Waals surface area contributed by atoms with Gasteiger partial charge in [-0.2, -0.15) is 0 Å². The van der Waals surface area contributed by atoms with Gasteiger partial charge >= 0.3 is 5.97 Å². The van der Waals surface area contributed by atoms with Crippen molar-refractivity contribution in [2.45, 2.75) is 26.3 Å². The number of carboxylic acids is 1. The van der Waals surface area contributed by atoms with Gasteiger partial charge in [-0.05, 0) is 83.4 Å². The summed E-state index contributed by atoms with van der Waals surface area (Å²) < 4.78 is 0. The van der Waals surface area contributed by atoms with Crippen LogP contribution in [0.15, 0.2) is 91.0 Å². The van der Waals surface area contributed by atoms with Crippen molar-refractivity contribution in [3.63, 3.8) is 0 Å². The number of carboxylic acid groups (broad SMARTS) is 1. The Bertz CT molecular complexity index is 2030. The number of rotatable bonds is 7. The minimum absolute atomic E-state index is 0.0301. The number of hydrogen-bond acceptors (Lipinski definition) is 5. The molecule has 0 saturated heterocycles. The fourth-order valence-corrected chi connectivity index (χ4v) is 5.25. The Morgan fingerprint density at radius 3 is 2.33 bits per heavy atom. The highest BCUT2D eigenvalue weighted by molar-refractivity contribution is 6.11. The molecule has 0 saturated carbocycles. The minimum atomic E-state index is -1.20. The molecule has 6 aromatic rings. The number of phenolic OH excluding ortho intramolecular Hbond substituents is 2. The van der Waals surface area contributed by atoms with Gasteiger partial charge in [0.1, 0.15) is 28.9 Å². The van der Waals surface area contributed by atoms with E-state index >= 15 is 0 Å². The highest BCUT2D eigenvalue weighted by atomic mass is 16.4. The Kier molecular flexibility index (Phi) is 7.03. The average molecular weight is 572 g/mol. The van der Waals surface area contributed by atoms with Gasteiger partial charge < -0.3 is 25.6 Å². The van der Waals surface area contributed by atoms with Gasteiger partial charge in [0.15, 0.2) is 0 Å². The molecule has 0 fully saturated rings. The first-order valence-electron chi connectivity index (χ1n) is 13.8. The van der Waals surface area contributed by atoms with E-state index < -0.39 is 17.9 Å². The largest absolute Gasteiger partial charge is 0.508 e. The number of phenols is 2. The van der Waals surface area contributed by atoms with E-state index in [2.05, 4.69) is 54.5 Å². The number of carbonyl (C=O) groups is 2. The first-order valence-corrected chi connectivity index (χ1v) is 13.8. The topological polar surface area (TPSA) is 136 Å². The highest BCUT2D eigenvalue weighted by Gasteiger charge is 2.23. The van der Waals surface area contributed by atoms with Crippen LogP contribution < -0.4 is 5.32 Å². The van der Waals surface area contributed by atoms with Crippen LogP contribution in [0, 0.1) is 13.8 Å². The zero-order valence-electron chi connectivity index (χ0n) is 23.6. The molecule has 1 unspecified atom stereocenters. The first-order chi connectivity index (χ1) is 20.7. The normalized spacial score (nSPS) is 12.0. The number of H-pyrrole nitrogens is 1. The van der Waals surface area contributed by atoms with E-state index in [0.717, 1.165) is 22.2 Å². The van der Waals surface area contributed by atoms with Crippen molar-refractivity contribution in [1.82, 2.24) is 15.3 Å². The summed E-state index contributed by atoms with van der Waals surface area (Å²) in [6.45, 7) is 4.18. The number of nitrogens with one attached hydrogen (secondary N) is 2. The molecular weight excluding hydrogens is 542 g/mol. The lowest BCUT2D eigenvalue weighted by atomic mass is 9.99. The predicted octanol–water partition coefficient (Wildman–Crippen LogP) is 6.50. The second-order valence-electron chi connectivity index (χ2n) is 10.8. The summed E-state index contributed by atoms with van der Waals surface area (Å²) in [7, 11) is 0. The van der Waals surface area contributed by atoms with Crippen molar-refractivity contribution < 1.29 is 24.9 Å². The lowest BCUT2D eigenvalue weighted by molar-refractivity contribution is -0.139. The fraction of sp³-hybridized carbons (Fsp3) is 0.114. The van der Waals surface area contributed by atoms with Gasteiger partial charge in [-0.15, -0.1) is 0 Å². The van der Waals surface area contributed by atoms with Gasteiger partial charge in [-0.3, -0.25) is 4.79 Å². The summed E-state index contributed by atoms with van der Waals surface area (Å²) in [4.78, 5) is 33.2. The number of aromatic nitrogens is 2. The number of aromatic amines is 1. The standard InChI is InChI=1S/C35H29N3O5/c1-19-6-9-23(14-20(19)2)22-4-3-5-25(16-22)33-36-28-13-10-24-17-26(18-30(40)31(24)32(28)38-33)34(41)37-29(35(42)43)15-21-7-11-27(39)12-8-21/h3-14,16-18,29,39-40H,15H2,1-2H3,(H,36,38)(H,37,41)(H,42,43). The lowest BCUT2D eigenvalue weighted by Gasteiger charge is -2.15. The van der Waals surface area contributed by atoms with Crippen LogP contribution in [0.4, 0.5) is 0 Å². The van der Waals surface area contributed by atoms with Gasteiger partial charge in [0, 0.05) is 17.5 Å². The predicted molar refractivity (Wildman–Crippen MR) is 166 cm³/mol. The molecule has 5 N–H and O–H groups in total. The number of aromatic hydroxyl groups is 2. The molecule has 43 heavy (non-hydrogen) atoms. The molecule has 0 aliphatic carbocycles. The minimum Gasteiger partial charge on any atom is -0.508 e. The maximum absolute atomic E-state index is 13.1. The summed E-state index contributed by atoms with van der Waals surface area (Å²) in [5.74, 6) is -1.25. The van der Waals surface area contributed by atoms with Gasteiger partial charge in [0.2, 0.25) is 0 Å². The second kappa shape index (κ2) is 11.0. The zero-order valence-corrected chi connectivity index (χ0v) is 23.6. The Morgan fingerprint density at radius 2 is 1.58 bits per heavy atom. The van der Waals surface area contributed by atoms with Crippen LogP contribution in [-0.4, -0.2) is 43.2 Å². The molecule has 1 amide bonds. The van der Waals surface area contributed by atoms with E-state index in [0.29, 0.717) is 27.7 Å². The number of aliphatic carboxylic acids is 1. The molecule has 0 aliphatic rings. The third kappa shape index (κ3) is 5.50. The molecule has 0 radical (unpaired) electrons. The summed E-state index contributed by atoms with van der Waals surface area (Å²) in [6.07, 6.45) is 0.0301. The van der Waals surface area contributed by atoms with Crippen molar-refractivity contribution in [1.29, 1.82) is 0 Å². The summed E-state index contributed by atoms with van der Waals surface area (Å²) in [5.41, 5.74) is 7.58. The van der Waals surface area contributed by atoms with Crippen LogP contribution in [0.3, 0.4) is 0 Å². The maximum Gasteiger partial charge on any atom is 0.326 e. The van der Waals surface area contributed by atoms with Crippen molar-refractivity contribution in [3.8, 4) is 34.0 Å². The number of nitrogens with zero attached hydrogens (tertiary/aromatic N) is 1. The summed E-state index contributed by atoms with van der Waals surface area (Å²) >= 11 is 0. The molecular formula is C35H29N3O5. The Hall–Kier alpha value is -5.63. The number of imidazole rings is 1. The van der Waals surface area contributed by atoms with Crippen LogP contribution >= 0.6 is 0 Å². The van der Waals surface area contributed by atoms with E-state index in [1.807, 2.05) is 18.2 Å². The molecule has 0 spiro atoms. The zero-order chi connectivity index (χ0) is 30.2. The van der Waals surface area contributed by atoms with Gasteiger partial charge in [-0.1, -0.05) is 54.6 Å². The summed E-state index contributed by atoms with van der Waals surface area (Å²) in [6, 6.07) is 25.9. The average Bonchev–Trinajstić information content (AvgIpc) is 3.43. The number of fused-ring (bicyclic) bond motifs is 3. The van der Waals surface area contributed by atoms with Crippen molar-refractivity contribution in [3.05, 3.63) is 113 Å². The Balaban J connectivity index is 1.30. The van der Waals surface area contributed by atoms with Crippen LogP contribution in [0.25, 0.3) is 44.3 Å². The van der Waals surface area contributed by atoms with Gasteiger partial charge in [0.05, 0.1) is 10.9 Å². The number of carbonyl (C=O) groups excluding carboxylic acids is 1. The monoisotopic (exact) mass is 571 g/mol. The fourth-order valence-electron chi connectivity index (χ4n) is 5.25. The van der Waals surface area contributed by atoms with Crippen LogP contribution in [0.5, 0.6) is 11.5 Å². The molecule has 0 bridgehead atoms. The van der Waals surface area contributed by atoms with Gasteiger partial charge in [-0.25, -0.2) is 9.78 Å². The molecule has 0 aliphatic heterocycles. The molecule has 1 heterocycles. The Labute approximate surface area is 247 Å². The molecule has 6 rings (SSSR count). The molecule has 8 heteroatoms. The molecule has 8 nitrogen and oxygen atoms in total. The third-order valence-corrected chi connectivity index (χ3v) is 7.76. The van der Waals surface area contributed by atoms with Crippen LogP contribution in [0.2, 0.25) is 0 Å². The maximum atomic E-state index is 13.1. The number of aryl methyl sites for hydroxylation is 2. The highest BCUT2D eigenvalue weighted by Crippen LogP contribution is 2.35. The quantitative estimate of drug-likeness (QED) is 0.148. The van der Waals surface area contributed by atoms with E-state index in [1.165, 1.54) is 29.3 Å². The SMILES string of the molecule is Cc1ccc(-c2cccc(-c3nc4c(ccc5cc(C(=O)NC(Cc6ccc(O)cc6)C(=O)O)cc(O)c54)[nH]3)c2)cc1C. The molecule has 5 aromatic carbocycles. The smallest absolute Gasteiger partial charge is 0.326 e.